The molecule has 3 aromatic rings. The Morgan fingerprint density at radius 2 is 1.66 bits per heavy atom. The molecule has 170 valence electrons. The van der Waals surface area contributed by atoms with E-state index in [1.165, 1.54) is 38.4 Å². The monoisotopic (exact) mass is 479 g/mol. The van der Waals surface area contributed by atoms with Gasteiger partial charge in [0.05, 0.1) is 15.8 Å². The minimum Gasteiger partial charge on any atom is -0.383 e. The number of nitrogen functional groups attached to an aromatic ring is 1. The molecule has 0 unspecified atom stereocenters. The Bertz CT molecular complexity index is 1480. The van der Waals surface area contributed by atoms with Gasteiger partial charge in [-0.15, -0.1) is 0 Å². The standard InChI is InChI=1S/C20H22ClN5O5S/c1-20(2,3)14-12(17(27)24-32(30,31)11-8-6-10(21)7-9-11)15(22)23-16-13(14)18(28)26(5)19(29)25(16)4/h6-9H,1-5H3,(H2,22,23)(H,24,27). The van der Waals surface area contributed by atoms with Crippen LogP contribution in [-0.2, 0) is 29.5 Å². The molecule has 0 saturated carbocycles. The lowest BCUT2D eigenvalue weighted by atomic mass is 9.82. The molecule has 1 aromatic carbocycles. The first-order chi connectivity index (χ1) is 14.7. The summed E-state index contributed by atoms with van der Waals surface area (Å²) in [6, 6.07) is 5.24. The number of carbonyl (C=O) groups is 1. The van der Waals surface area contributed by atoms with Crippen molar-refractivity contribution < 1.29 is 13.2 Å². The summed E-state index contributed by atoms with van der Waals surface area (Å²) in [4.78, 5) is 42.4. The number of anilines is 1. The van der Waals surface area contributed by atoms with Gasteiger partial charge in [0.15, 0.2) is 5.65 Å². The van der Waals surface area contributed by atoms with Crippen molar-refractivity contribution in [3.8, 4) is 0 Å². The Kier molecular flexibility index (Phi) is 5.69. The third kappa shape index (κ3) is 3.89. The van der Waals surface area contributed by atoms with E-state index >= 15 is 0 Å². The van der Waals surface area contributed by atoms with Crippen molar-refractivity contribution in [2.45, 2.75) is 31.1 Å². The number of rotatable bonds is 3. The molecule has 0 aliphatic carbocycles. The zero-order chi connectivity index (χ0) is 24.2. The number of pyridine rings is 1. The van der Waals surface area contributed by atoms with Crippen molar-refractivity contribution >= 4 is 44.4 Å². The molecule has 0 saturated heterocycles. The quantitative estimate of drug-likeness (QED) is 0.575. The summed E-state index contributed by atoms with van der Waals surface area (Å²) in [5, 5.41) is 0.333. The van der Waals surface area contributed by atoms with Crippen LogP contribution in [-0.4, -0.2) is 28.4 Å². The molecule has 0 aliphatic heterocycles. The highest BCUT2D eigenvalue weighted by atomic mass is 35.5. The Balaban J connectivity index is 2.32. The van der Waals surface area contributed by atoms with E-state index in [1.807, 2.05) is 4.72 Å². The fourth-order valence-corrected chi connectivity index (χ4v) is 4.52. The van der Waals surface area contributed by atoms with E-state index in [2.05, 4.69) is 4.98 Å². The SMILES string of the molecule is Cn1c(=O)c2c(C(C)(C)C)c(C(=O)NS(=O)(=O)c3ccc(Cl)cc3)c(N)nc2n(C)c1=O. The van der Waals surface area contributed by atoms with E-state index in [-0.39, 0.29) is 32.9 Å². The molecule has 12 heteroatoms. The minimum absolute atomic E-state index is 0.00219. The Labute approximate surface area is 188 Å². The third-order valence-electron chi connectivity index (χ3n) is 4.94. The summed E-state index contributed by atoms with van der Waals surface area (Å²) in [5.74, 6) is -1.36. The average Bonchev–Trinajstić information content (AvgIpc) is 2.69. The van der Waals surface area contributed by atoms with Gasteiger partial charge in [-0.25, -0.2) is 22.9 Å². The van der Waals surface area contributed by atoms with Crippen LogP contribution in [0.4, 0.5) is 5.82 Å². The molecular weight excluding hydrogens is 458 g/mol. The van der Waals surface area contributed by atoms with Gasteiger partial charge in [0, 0.05) is 19.1 Å². The zero-order valence-corrected chi connectivity index (χ0v) is 19.6. The van der Waals surface area contributed by atoms with Gasteiger partial charge in [0.2, 0.25) is 0 Å². The topological polar surface area (TPSA) is 146 Å². The lowest BCUT2D eigenvalue weighted by Gasteiger charge is -2.25. The number of aromatic nitrogens is 3. The molecule has 3 N–H and O–H groups in total. The van der Waals surface area contributed by atoms with Crippen LogP contribution in [0, 0.1) is 0 Å². The molecule has 3 rings (SSSR count). The normalized spacial score (nSPS) is 12.2. The van der Waals surface area contributed by atoms with E-state index < -0.39 is 32.6 Å². The van der Waals surface area contributed by atoms with Crippen molar-refractivity contribution in [1.29, 1.82) is 0 Å². The first-order valence-corrected chi connectivity index (χ1v) is 11.3. The predicted octanol–water partition coefficient (Wildman–Crippen LogP) is 1.28. The molecule has 2 heterocycles. The summed E-state index contributed by atoms with van der Waals surface area (Å²) in [5.41, 5.74) is 3.86. The van der Waals surface area contributed by atoms with Gasteiger partial charge in [-0.05, 0) is 35.2 Å². The second kappa shape index (κ2) is 7.75. The molecule has 0 bridgehead atoms. The fourth-order valence-electron chi connectivity index (χ4n) is 3.43. The van der Waals surface area contributed by atoms with Crippen molar-refractivity contribution in [2.24, 2.45) is 14.1 Å². The minimum atomic E-state index is -4.27. The number of benzene rings is 1. The Morgan fingerprint density at radius 3 is 2.19 bits per heavy atom. The van der Waals surface area contributed by atoms with Gasteiger partial charge in [0.25, 0.3) is 21.5 Å². The number of nitrogens with zero attached hydrogens (tertiary/aromatic N) is 3. The first kappa shape index (κ1) is 23.5. The van der Waals surface area contributed by atoms with Crippen molar-refractivity contribution in [3.63, 3.8) is 0 Å². The summed E-state index contributed by atoms with van der Waals surface area (Å²) in [6.07, 6.45) is 0. The van der Waals surface area contributed by atoms with E-state index in [0.29, 0.717) is 5.02 Å². The molecule has 1 amide bonds. The number of aryl methyl sites for hydroxylation is 1. The molecule has 0 spiro atoms. The molecule has 2 aromatic heterocycles. The van der Waals surface area contributed by atoms with E-state index in [9.17, 15) is 22.8 Å². The fraction of sp³-hybridized carbons (Fsp3) is 0.300. The van der Waals surface area contributed by atoms with Crippen LogP contribution in [0.2, 0.25) is 5.02 Å². The molecule has 0 aliphatic rings. The molecule has 0 fully saturated rings. The van der Waals surface area contributed by atoms with Gasteiger partial charge in [-0.3, -0.25) is 18.7 Å². The maximum absolute atomic E-state index is 13.2. The highest BCUT2D eigenvalue weighted by Crippen LogP contribution is 2.33. The Hall–Kier alpha value is -3.18. The van der Waals surface area contributed by atoms with Gasteiger partial charge >= 0.3 is 5.69 Å². The van der Waals surface area contributed by atoms with E-state index in [4.69, 9.17) is 17.3 Å². The average molecular weight is 480 g/mol. The largest absolute Gasteiger partial charge is 0.383 e. The number of sulfonamides is 1. The highest BCUT2D eigenvalue weighted by Gasteiger charge is 2.32. The summed E-state index contributed by atoms with van der Waals surface area (Å²) < 4.78 is 29.5. The molecule has 10 nitrogen and oxygen atoms in total. The summed E-state index contributed by atoms with van der Waals surface area (Å²) in [6.45, 7) is 5.20. The van der Waals surface area contributed by atoms with Gasteiger partial charge in [-0.1, -0.05) is 32.4 Å². The van der Waals surface area contributed by atoms with Gasteiger partial charge in [0.1, 0.15) is 5.82 Å². The summed E-state index contributed by atoms with van der Waals surface area (Å²) >= 11 is 5.80. The van der Waals surface area contributed by atoms with Crippen LogP contribution in [0.15, 0.2) is 38.8 Å². The maximum Gasteiger partial charge on any atom is 0.332 e. The predicted molar refractivity (Wildman–Crippen MR) is 121 cm³/mol. The van der Waals surface area contributed by atoms with Crippen molar-refractivity contribution in [3.05, 3.63) is 61.3 Å². The number of hydrogen-bond acceptors (Lipinski definition) is 7. The van der Waals surface area contributed by atoms with Crippen LogP contribution in [0.5, 0.6) is 0 Å². The van der Waals surface area contributed by atoms with Crippen LogP contribution in [0.3, 0.4) is 0 Å². The van der Waals surface area contributed by atoms with Crippen molar-refractivity contribution in [1.82, 2.24) is 18.8 Å². The highest BCUT2D eigenvalue weighted by molar-refractivity contribution is 7.90. The number of nitrogens with one attached hydrogen (secondary N) is 1. The first-order valence-electron chi connectivity index (χ1n) is 9.39. The molecule has 0 radical (unpaired) electrons. The van der Waals surface area contributed by atoms with Crippen LogP contribution >= 0.6 is 11.6 Å². The number of halogens is 1. The van der Waals surface area contributed by atoms with Gasteiger partial charge < -0.3 is 5.73 Å². The zero-order valence-electron chi connectivity index (χ0n) is 18.1. The number of fused-ring (bicyclic) bond motifs is 1. The van der Waals surface area contributed by atoms with Crippen LogP contribution in [0.25, 0.3) is 11.0 Å². The number of carbonyl (C=O) groups excluding carboxylic acids is 1. The Morgan fingerprint density at radius 1 is 1.09 bits per heavy atom. The third-order valence-corrected chi connectivity index (χ3v) is 6.54. The molecule has 0 atom stereocenters. The van der Waals surface area contributed by atoms with Crippen LogP contribution in [0.1, 0.15) is 36.7 Å². The number of hydrogen-bond donors (Lipinski definition) is 2. The summed E-state index contributed by atoms with van der Waals surface area (Å²) in [7, 11) is -1.54. The van der Waals surface area contributed by atoms with E-state index in [1.54, 1.807) is 20.8 Å². The smallest absolute Gasteiger partial charge is 0.332 e. The number of nitrogens with two attached hydrogens (primary N) is 1. The second-order valence-corrected chi connectivity index (χ2v) is 10.4. The lowest BCUT2D eigenvalue weighted by Crippen LogP contribution is -2.40. The second-order valence-electron chi connectivity index (χ2n) is 8.29. The van der Waals surface area contributed by atoms with Crippen LogP contribution < -0.4 is 21.7 Å². The van der Waals surface area contributed by atoms with E-state index in [0.717, 1.165) is 9.13 Å². The molecule has 32 heavy (non-hydrogen) atoms. The van der Waals surface area contributed by atoms with Gasteiger partial charge in [-0.2, -0.15) is 0 Å². The lowest BCUT2D eigenvalue weighted by molar-refractivity contribution is 0.0980. The van der Waals surface area contributed by atoms with Crippen molar-refractivity contribution in [2.75, 3.05) is 5.73 Å². The number of amides is 1. The maximum atomic E-state index is 13.2. The molecular formula is C20H22ClN5O5S.